The van der Waals surface area contributed by atoms with Crippen LogP contribution in [-0.4, -0.2) is 61.2 Å². The van der Waals surface area contributed by atoms with E-state index in [4.69, 9.17) is 4.74 Å². The third-order valence-electron chi connectivity index (χ3n) is 7.77. The minimum atomic E-state index is 0.123. The van der Waals surface area contributed by atoms with Gasteiger partial charge in [-0.25, -0.2) is 4.79 Å². The van der Waals surface area contributed by atoms with Crippen LogP contribution >= 0.6 is 0 Å². The number of rotatable bonds is 4. The van der Waals surface area contributed by atoms with Gasteiger partial charge in [0.1, 0.15) is 5.75 Å². The minimum absolute atomic E-state index is 0.123. The van der Waals surface area contributed by atoms with Gasteiger partial charge in [0.25, 0.3) is 0 Å². The number of nitrogens with one attached hydrogen (secondary N) is 1. The average Bonchev–Trinajstić information content (AvgIpc) is 2.79. The molecule has 1 aromatic carbocycles. The Bertz CT molecular complexity index is 790. The van der Waals surface area contributed by atoms with E-state index in [0.29, 0.717) is 24.4 Å². The molecule has 1 aliphatic carbocycles. The molecule has 3 saturated heterocycles. The molecule has 2 bridgehead atoms. The maximum absolute atomic E-state index is 13.1. The summed E-state index contributed by atoms with van der Waals surface area (Å²) < 4.78 is 5.22. The van der Waals surface area contributed by atoms with Gasteiger partial charge >= 0.3 is 6.03 Å². The molecule has 5 heteroatoms. The van der Waals surface area contributed by atoms with Gasteiger partial charge in [0, 0.05) is 25.7 Å². The second-order valence-corrected chi connectivity index (χ2v) is 9.53. The largest absolute Gasteiger partial charge is 0.497 e. The van der Waals surface area contributed by atoms with Gasteiger partial charge in [0.2, 0.25) is 0 Å². The molecular weight excluding hydrogens is 374 g/mol. The van der Waals surface area contributed by atoms with Gasteiger partial charge in [-0.05, 0) is 74.6 Å². The highest BCUT2D eigenvalue weighted by Crippen LogP contribution is 2.44. The van der Waals surface area contributed by atoms with Crippen LogP contribution in [0.3, 0.4) is 0 Å². The molecule has 3 fully saturated rings. The Morgan fingerprint density at radius 1 is 1.17 bits per heavy atom. The number of nitrogens with zero attached hydrogens (tertiary/aromatic N) is 2. The number of urea groups is 1. The Labute approximate surface area is 180 Å². The summed E-state index contributed by atoms with van der Waals surface area (Å²) in [7, 11) is 1.68. The van der Waals surface area contributed by atoms with Crippen molar-refractivity contribution in [2.45, 2.75) is 57.0 Å². The van der Waals surface area contributed by atoms with Crippen LogP contribution in [0.1, 0.15) is 44.1 Å². The first-order chi connectivity index (χ1) is 14.7. The second kappa shape index (κ2) is 8.62. The minimum Gasteiger partial charge on any atom is -0.497 e. The fraction of sp³-hybridized carbons (Fsp3) is 0.640. The van der Waals surface area contributed by atoms with Crippen molar-refractivity contribution in [2.24, 2.45) is 11.8 Å². The van der Waals surface area contributed by atoms with E-state index in [1.165, 1.54) is 50.8 Å². The number of benzene rings is 1. The summed E-state index contributed by atoms with van der Waals surface area (Å²) in [5.41, 5.74) is 2.78. The number of hydrogen-bond acceptors (Lipinski definition) is 3. The van der Waals surface area contributed by atoms with Gasteiger partial charge in [-0.3, -0.25) is 4.90 Å². The number of ether oxygens (including phenoxy) is 1. The van der Waals surface area contributed by atoms with Gasteiger partial charge in [-0.15, -0.1) is 0 Å². The van der Waals surface area contributed by atoms with Gasteiger partial charge in [0.15, 0.2) is 0 Å². The Morgan fingerprint density at radius 2 is 2.03 bits per heavy atom. The molecule has 0 spiro atoms. The monoisotopic (exact) mass is 409 g/mol. The highest BCUT2D eigenvalue weighted by Gasteiger charge is 2.46. The summed E-state index contributed by atoms with van der Waals surface area (Å²) in [5, 5.41) is 3.21. The Balaban J connectivity index is 1.23. The lowest BCUT2D eigenvalue weighted by atomic mass is 9.68. The first-order valence-electron chi connectivity index (χ1n) is 11.8. The Morgan fingerprint density at radius 3 is 2.87 bits per heavy atom. The number of carbonyl (C=O) groups is 1. The van der Waals surface area contributed by atoms with Crippen molar-refractivity contribution in [3.8, 4) is 5.75 Å². The summed E-state index contributed by atoms with van der Waals surface area (Å²) in [6.45, 7) is 4.00. The van der Waals surface area contributed by atoms with E-state index in [1.54, 1.807) is 12.7 Å². The summed E-state index contributed by atoms with van der Waals surface area (Å²) in [6, 6.07) is 9.31. The maximum Gasteiger partial charge on any atom is 0.317 e. The number of likely N-dealkylation sites (tertiary alicyclic amines) is 1. The summed E-state index contributed by atoms with van der Waals surface area (Å²) >= 11 is 0. The molecule has 5 rings (SSSR count). The highest BCUT2D eigenvalue weighted by molar-refractivity contribution is 5.75. The van der Waals surface area contributed by atoms with Crippen molar-refractivity contribution in [1.82, 2.24) is 15.1 Å². The first kappa shape index (κ1) is 19.9. The number of fused-ring (bicyclic) bond motifs is 6. The smallest absolute Gasteiger partial charge is 0.317 e. The number of hydrogen-bond donors (Lipinski definition) is 1. The molecule has 3 aliphatic heterocycles. The molecule has 0 saturated carbocycles. The van der Waals surface area contributed by atoms with Crippen molar-refractivity contribution in [2.75, 3.05) is 33.3 Å². The van der Waals surface area contributed by atoms with E-state index < -0.39 is 0 Å². The molecule has 162 valence electrons. The lowest BCUT2D eigenvalue weighted by molar-refractivity contribution is 0.00793. The lowest BCUT2D eigenvalue weighted by Gasteiger charge is -2.54. The number of methoxy groups -OCH3 is 1. The molecule has 3 heterocycles. The van der Waals surface area contributed by atoms with Crippen LogP contribution in [0.4, 0.5) is 4.79 Å². The average molecular weight is 410 g/mol. The van der Waals surface area contributed by atoms with Crippen LogP contribution in [0.2, 0.25) is 0 Å². The molecule has 30 heavy (non-hydrogen) atoms. The zero-order valence-corrected chi connectivity index (χ0v) is 18.2. The second-order valence-electron chi connectivity index (χ2n) is 9.53. The zero-order valence-electron chi connectivity index (χ0n) is 18.2. The van der Waals surface area contributed by atoms with Crippen molar-refractivity contribution in [3.63, 3.8) is 0 Å². The first-order valence-corrected chi connectivity index (χ1v) is 11.8. The Kier molecular flexibility index (Phi) is 5.72. The zero-order chi connectivity index (χ0) is 20.5. The molecule has 5 nitrogen and oxygen atoms in total. The van der Waals surface area contributed by atoms with Gasteiger partial charge in [0.05, 0.1) is 13.2 Å². The third-order valence-corrected chi connectivity index (χ3v) is 7.77. The van der Waals surface area contributed by atoms with E-state index in [1.807, 2.05) is 12.1 Å². The lowest BCUT2D eigenvalue weighted by Crippen LogP contribution is -2.61. The molecule has 2 amide bonds. The standard InChI is InChI=1S/C25H35N3O2/c1-30-22-9-7-18(8-10-22)11-12-26-25(29)28-14-4-5-19-15-20-16-21(24(19)28)17-27-13-3-2-6-23(20)27/h7-10,15,20-21,23-24H,2-6,11-14,16-17H2,1H3,(H,26,29)/t20-,21+,23+,24-/m0/s1. The molecule has 4 atom stereocenters. The van der Waals surface area contributed by atoms with Gasteiger partial charge in [-0.2, -0.15) is 0 Å². The third kappa shape index (κ3) is 3.84. The fourth-order valence-corrected chi connectivity index (χ4v) is 6.41. The predicted molar refractivity (Wildman–Crippen MR) is 119 cm³/mol. The molecular formula is C25H35N3O2. The maximum atomic E-state index is 13.1. The van der Waals surface area contributed by atoms with E-state index >= 15 is 0 Å². The van der Waals surface area contributed by atoms with Crippen LogP contribution < -0.4 is 10.1 Å². The Hall–Kier alpha value is -2.01. The number of carbonyl (C=O) groups excluding carboxylic acids is 1. The quantitative estimate of drug-likeness (QED) is 0.769. The molecule has 1 aromatic rings. The van der Waals surface area contributed by atoms with Crippen LogP contribution in [0.5, 0.6) is 5.75 Å². The van der Waals surface area contributed by atoms with E-state index in [2.05, 4.69) is 33.3 Å². The van der Waals surface area contributed by atoms with Crippen LogP contribution in [0, 0.1) is 11.8 Å². The van der Waals surface area contributed by atoms with Crippen molar-refractivity contribution in [1.29, 1.82) is 0 Å². The van der Waals surface area contributed by atoms with Crippen molar-refractivity contribution in [3.05, 3.63) is 41.5 Å². The fourth-order valence-electron chi connectivity index (χ4n) is 6.41. The number of amides is 2. The summed E-state index contributed by atoms with van der Waals surface area (Å²) in [4.78, 5) is 18.0. The molecule has 0 unspecified atom stereocenters. The normalized spacial score (nSPS) is 30.7. The SMILES string of the molecule is COc1ccc(CCNC(=O)N2CCCC3=C[C@H]4C[C@H](CN5CCCC[C@H]45)[C@H]32)cc1. The molecule has 1 N–H and O–H groups in total. The summed E-state index contributed by atoms with van der Waals surface area (Å²) in [6.07, 6.45) is 11.1. The van der Waals surface area contributed by atoms with Crippen molar-refractivity contribution >= 4 is 6.03 Å². The predicted octanol–water partition coefficient (Wildman–Crippen LogP) is 3.84. The van der Waals surface area contributed by atoms with Gasteiger partial charge in [-0.1, -0.05) is 30.2 Å². The van der Waals surface area contributed by atoms with E-state index in [0.717, 1.165) is 31.2 Å². The van der Waals surface area contributed by atoms with E-state index in [-0.39, 0.29) is 6.03 Å². The molecule has 0 aromatic heterocycles. The molecule has 4 aliphatic rings. The molecule has 0 radical (unpaired) electrons. The van der Waals surface area contributed by atoms with Crippen LogP contribution in [0.15, 0.2) is 35.9 Å². The van der Waals surface area contributed by atoms with Crippen LogP contribution in [0.25, 0.3) is 0 Å². The van der Waals surface area contributed by atoms with Crippen molar-refractivity contribution < 1.29 is 9.53 Å². The topological polar surface area (TPSA) is 44.8 Å². The highest BCUT2D eigenvalue weighted by atomic mass is 16.5. The summed E-state index contributed by atoms with van der Waals surface area (Å²) in [5.74, 6) is 2.19. The number of piperidine rings is 3. The van der Waals surface area contributed by atoms with Crippen LogP contribution in [-0.2, 0) is 6.42 Å². The van der Waals surface area contributed by atoms with E-state index in [9.17, 15) is 4.79 Å². The van der Waals surface area contributed by atoms with Gasteiger partial charge < -0.3 is 15.0 Å².